The lowest BCUT2D eigenvalue weighted by Gasteiger charge is -2.15. The van der Waals surface area contributed by atoms with E-state index >= 15 is 0 Å². The van der Waals surface area contributed by atoms with E-state index in [4.69, 9.17) is 22.0 Å². The van der Waals surface area contributed by atoms with E-state index in [2.05, 4.69) is 4.85 Å². The normalized spacial score (nSPS) is 18.5. The van der Waals surface area contributed by atoms with E-state index in [9.17, 15) is 0 Å². The highest BCUT2D eigenvalue weighted by Crippen LogP contribution is 2.40. The second kappa shape index (κ2) is 6.74. The van der Waals surface area contributed by atoms with E-state index < -0.39 is 19.6 Å². The van der Waals surface area contributed by atoms with Crippen molar-refractivity contribution in [1.29, 1.82) is 0 Å². The van der Waals surface area contributed by atoms with Gasteiger partial charge < -0.3 is 4.42 Å². The second-order valence-corrected chi connectivity index (χ2v) is 7.46. The highest BCUT2D eigenvalue weighted by molar-refractivity contribution is 6.11. The van der Waals surface area contributed by atoms with Crippen LogP contribution in [-0.2, 0) is 7.05 Å². The summed E-state index contributed by atoms with van der Waals surface area (Å²) in [5, 5.41) is 0.939. The molecule has 0 saturated heterocycles. The van der Waals surface area contributed by atoms with Gasteiger partial charge in [-0.3, -0.25) is 0 Å². The average Bonchev–Trinajstić information content (AvgIpc) is 3.15. The summed E-state index contributed by atoms with van der Waals surface area (Å²) in [5.41, 5.74) is 3.79. The Morgan fingerprint density at radius 1 is 1.21 bits per heavy atom. The van der Waals surface area contributed by atoms with Crippen LogP contribution in [0.5, 0.6) is 0 Å². The summed E-state index contributed by atoms with van der Waals surface area (Å²) in [5.74, 6) is -1.93. The van der Waals surface area contributed by atoms with Gasteiger partial charge in [0.05, 0.1) is 13.5 Å². The molecule has 0 amide bonds. The van der Waals surface area contributed by atoms with E-state index in [0.29, 0.717) is 38.9 Å². The fourth-order valence-corrected chi connectivity index (χ4v) is 4.13. The van der Waals surface area contributed by atoms with E-state index in [0.717, 1.165) is 5.56 Å². The number of hydrogen-bond acceptors (Lipinski definition) is 1. The number of aryl methyl sites for hydroxylation is 2. The molecule has 3 nitrogen and oxygen atoms in total. The van der Waals surface area contributed by atoms with E-state index in [1.807, 2.05) is 13.0 Å². The minimum Gasteiger partial charge on any atom is -0.456 e. The summed E-state index contributed by atoms with van der Waals surface area (Å²) in [6.07, 6.45) is 0. The number of nitrogens with zero attached hydrogens (tertiary/aromatic N) is 2. The molecule has 146 valence electrons. The SMILES string of the molecule is [2H]c1c(C)c(C([2H])(C)C([2H])([2H])[2H])c(C)[n+](C)c1-c1c(C)ccc2c1oc1cc([N+]#[C-])cc(C([2H])([2H])[2H])c12. The first-order chi connectivity index (χ1) is 16.9. The molecule has 2 aromatic heterocycles. The maximum absolute atomic E-state index is 9.05. The van der Waals surface area contributed by atoms with Crippen molar-refractivity contribution in [2.24, 2.45) is 7.05 Å². The van der Waals surface area contributed by atoms with Gasteiger partial charge in [-0.05, 0) is 49.4 Å². The van der Waals surface area contributed by atoms with Crippen LogP contribution >= 0.6 is 0 Å². The number of furan rings is 1. The number of hydrogen-bond donors (Lipinski definition) is 0. The van der Waals surface area contributed by atoms with Gasteiger partial charge >= 0.3 is 0 Å². The molecule has 0 spiro atoms. The third kappa shape index (κ3) is 2.83. The number of fused-ring (bicyclic) bond motifs is 3. The Morgan fingerprint density at radius 3 is 2.69 bits per heavy atom. The van der Waals surface area contributed by atoms with Crippen LogP contribution in [0.1, 0.15) is 58.6 Å². The maximum atomic E-state index is 9.05. The van der Waals surface area contributed by atoms with Crippen molar-refractivity contribution in [3.05, 3.63) is 69.7 Å². The highest BCUT2D eigenvalue weighted by atomic mass is 16.3. The molecule has 4 aromatic rings. The fraction of sp³-hybridized carbons (Fsp3) is 0.308. The molecular formula is C26H27N2O+. The summed E-state index contributed by atoms with van der Waals surface area (Å²) in [6.45, 7) is 8.88. The number of benzene rings is 2. The average molecular weight is 392 g/mol. The zero-order chi connectivity index (χ0) is 27.8. The summed E-state index contributed by atoms with van der Waals surface area (Å²) < 4.78 is 73.6. The summed E-state index contributed by atoms with van der Waals surface area (Å²) in [7, 11) is 1.72. The van der Waals surface area contributed by atoms with Crippen molar-refractivity contribution in [2.45, 2.75) is 47.3 Å². The largest absolute Gasteiger partial charge is 0.456 e. The Balaban J connectivity index is 2.17. The lowest BCUT2D eigenvalue weighted by molar-refractivity contribution is -0.667. The number of pyridine rings is 1. The molecule has 1 atom stereocenters. The molecule has 0 aliphatic heterocycles. The minimum atomic E-state index is -2.61. The molecule has 2 heterocycles. The molecule has 0 aliphatic carbocycles. The molecular weight excluding hydrogens is 356 g/mol. The molecule has 4 rings (SSSR count). The van der Waals surface area contributed by atoms with Crippen LogP contribution in [0.2, 0.25) is 0 Å². The predicted octanol–water partition coefficient (Wildman–Crippen LogP) is 6.99. The first-order valence-electron chi connectivity index (χ1n) is 13.3. The van der Waals surface area contributed by atoms with Crippen LogP contribution in [0.3, 0.4) is 0 Å². The van der Waals surface area contributed by atoms with Gasteiger partial charge in [0.15, 0.2) is 11.4 Å². The highest BCUT2D eigenvalue weighted by Gasteiger charge is 2.25. The third-order valence-corrected chi connectivity index (χ3v) is 5.56. The maximum Gasteiger partial charge on any atom is 0.216 e. The number of aromatic nitrogens is 1. The lowest BCUT2D eigenvalue weighted by Crippen LogP contribution is -2.37. The van der Waals surface area contributed by atoms with Gasteiger partial charge in [0.2, 0.25) is 5.69 Å². The Kier molecular flexibility index (Phi) is 2.74. The van der Waals surface area contributed by atoms with Crippen molar-refractivity contribution in [2.75, 3.05) is 0 Å². The lowest BCUT2D eigenvalue weighted by atomic mass is 9.93. The Bertz CT molecular complexity index is 1610. The van der Waals surface area contributed by atoms with Gasteiger partial charge in [-0.25, -0.2) is 4.85 Å². The molecule has 0 bridgehead atoms. The quantitative estimate of drug-likeness (QED) is 0.267. The van der Waals surface area contributed by atoms with E-state index in [1.54, 1.807) is 31.5 Å². The van der Waals surface area contributed by atoms with Gasteiger partial charge in [-0.1, -0.05) is 32.0 Å². The van der Waals surface area contributed by atoms with Gasteiger partial charge in [-0.15, -0.1) is 0 Å². The zero-order valence-electron chi connectivity index (χ0n) is 25.1. The van der Waals surface area contributed by atoms with Crippen molar-refractivity contribution in [3.63, 3.8) is 0 Å². The molecule has 0 fully saturated rings. The van der Waals surface area contributed by atoms with Gasteiger partial charge in [0, 0.05) is 38.9 Å². The first kappa shape index (κ1) is 11.8. The molecule has 0 N–H and O–H groups in total. The summed E-state index contributed by atoms with van der Waals surface area (Å²) in [6, 6.07) is 6.53. The van der Waals surface area contributed by atoms with E-state index in [1.165, 1.54) is 19.1 Å². The van der Waals surface area contributed by atoms with Gasteiger partial charge in [-0.2, -0.15) is 4.57 Å². The molecule has 2 aromatic carbocycles. The van der Waals surface area contributed by atoms with Crippen LogP contribution in [0.25, 0.3) is 38.0 Å². The minimum absolute atomic E-state index is 0.0189. The molecule has 0 saturated carbocycles. The van der Waals surface area contributed by atoms with Crippen molar-refractivity contribution in [3.8, 4) is 11.3 Å². The molecule has 0 aliphatic rings. The molecule has 3 heteroatoms. The Labute approximate surface area is 183 Å². The predicted molar refractivity (Wildman–Crippen MR) is 120 cm³/mol. The first-order valence-corrected chi connectivity index (χ1v) is 9.32. The van der Waals surface area contributed by atoms with Crippen LogP contribution in [0.15, 0.2) is 34.7 Å². The molecule has 1 unspecified atom stereocenters. The molecule has 0 radical (unpaired) electrons. The molecule has 29 heavy (non-hydrogen) atoms. The van der Waals surface area contributed by atoms with Gasteiger partial charge in [0.25, 0.3) is 0 Å². The van der Waals surface area contributed by atoms with Gasteiger partial charge in [0.1, 0.15) is 18.2 Å². The zero-order valence-corrected chi connectivity index (χ0v) is 17.1. The summed E-state index contributed by atoms with van der Waals surface area (Å²) >= 11 is 0. The topological polar surface area (TPSA) is 21.4 Å². The Morgan fingerprint density at radius 2 is 2.00 bits per heavy atom. The fourth-order valence-electron chi connectivity index (χ4n) is 4.13. The van der Waals surface area contributed by atoms with Crippen molar-refractivity contribution in [1.82, 2.24) is 0 Å². The standard InChI is InChI=1S/C26H27N2O/c1-14(2)23-17(5)12-21(28(8)18(23)6)25-15(3)9-10-20-24-16(4)11-19(27-7)13-22(24)29-26(20)25/h9-14H,1-6,8H3/q+1/i1D3,4D3,12D,14D. The number of rotatable bonds is 2. The smallest absolute Gasteiger partial charge is 0.216 e. The van der Waals surface area contributed by atoms with Crippen LogP contribution in [-0.4, -0.2) is 0 Å². The second-order valence-electron chi connectivity index (χ2n) is 7.46. The van der Waals surface area contributed by atoms with E-state index in [-0.39, 0.29) is 28.4 Å². The monoisotopic (exact) mass is 391 g/mol. The van der Waals surface area contributed by atoms with Crippen LogP contribution in [0.4, 0.5) is 5.69 Å². The third-order valence-electron chi connectivity index (χ3n) is 5.56. The summed E-state index contributed by atoms with van der Waals surface area (Å²) in [4.78, 5) is 3.41. The van der Waals surface area contributed by atoms with Crippen molar-refractivity contribution >= 4 is 27.6 Å². The van der Waals surface area contributed by atoms with Crippen LogP contribution in [0, 0.1) is 34.2 Å². The Hall–Kier alpha value is -3.12. The van der Waals surface area contributed by atoms with Crippen LogP contribution < -0.4 is 4.57 Å². The van der Waals surface area contributed by atoms with Crippen molar-refractivity contribution < 1.29 is 20.0 Å².